The number of ether oxygens (including phenoxy) is 3. The molecule has 0 N–H and O–H groups in total. The predicted molar refractivity (Wildman–Crippen MR) is 117 cm³/mol. The molecule has 1 aliphatic heterocycles. The number of halogens is 1. The Hall–Kier alpha value is -2.09. The lowest BCUT2D eigenvalue weighted by Gasteiger charge is -2.46. The zero-order valence-corrected chi connectivity index (χ0v) is 19.2. The van der Waals surface area contributed by atoms with Gasteiger partial charge in [0.2, 0.25) is 5.88 Å². The van der Waals surface area contributed by atoms with Crippen LogP contribution in [0.2, 0.25) is 0 Å². The van der Waals surface area contributed by atoms with Crippen molar-refractivity contribution >= 4 is 0 Å². The number of likely N-dealkylation sites (tertiary alicyclic amines) is 1. The number of aryl methyl sites for hydroxylation is 1. The minimum Gasteiger partial charge on any atom is -0.471 e. The molecule has 1 aliphatic rings. The summed E-state index contributed by atoms with van der Waals surface area (Å²) in [5.74, 6) is -0.200. The number of aromatic nitrogens is 2. The summed E-state index contributed by atoms with van der Waals surface area (Å²) < 4.78 is 31.9. The fourth-order valence-electron chi connectivity index (χ4n) is 4.20. The Kier molecular flexibility index (Phi) is 7.62. The number of hydrogen-bond acceptors (Lipinski definition) is 6. The average molecular weight is 432 g/mol. The van der Waals surface area contributed by atoms with Crippen molar-refractivity contribution in [3.8, 4) is 5.88 Å². The van der Waals surface area contributed by atoms with Gasteiger partial charge in [-0.2, -0.15) is 0 Å². The molecule has 1 saturated heterocycles. The number of nitrogens with zero attached hydrogens (tertiary/aromatic N) is 3. The van der Waals surface area contributed by atoms with Crippen LogP contribution in [0, 0.1) is 11.7 Å². The van der Waals surface area contributed by atoms with E-state index in [4.69, 9.17) is 14.2 Å². The first kappa shape index (κ1) is 23.6. The Bertz CT molecular complexity index is 852. The van der Waals surface area contributed by atoms with Crippen LogP contribution in [0.5, 0.6) is 5.88 Å². The summed E-state index contributed by atoms with van der Waals surface area (Å²) in [5.41, 5.74) is 1.17. The molecule has 0 amide bonds. The topological polar surface area (TPSA) is 56.7 Å². The third-order valence-electron chi connectivity index (χ3n) is 5.78. The van der Waals surface area contributed by atoms with Crippen LogP contribution in [0.3, 0.4) is 0 Å². The maximum atomic E-state index is 14.1. The van der Waals surface area contributed by atoms with E-state index in [1.54, 1.807) is 32.7 Å². The van der Waals surface area contributed by atoms with Crippen LogP contribution in [0.25, 0.3) is 0 Å². The van der Waals surface area contributed by atoms with Gasteiger partial charge in [-0.3, -0.25) is 9.88 Å². The lowest BCUT2D eigenvalue weighted by molar-refractivity contribution is -0.264. The SMILES string of the molecule is COC1(OC)CN(Cc2nccnc2OC(C)(C)C)CCC1CCc1ccccc1F. The van der Waals surface area contributed by atoms with Gasteiger partial charge in [0, 0.05) is 39.1 Å². The van der Waals surface area contributed by atoms with Gasteiger partial charge in [-0.05, 0) is 58.2 Å². The van der Waals surface area contributed by atoms with Crippen molar-refractivity contribution in [3.63, 3.8) is 0 Å². The van der Waals surface area contributed by atoms with Crippen molar-refractivity contribution in [2.75, 3.05) is 27.3 Å². The Morgan fingerprint density at radius 3 is 2.52 bits per heavy atom. The molecule has 0 radical (unpaired) electrons. The quantitative estimate of drug-likeness (QED) is 0.583. The molecule has 7 heteroatoms. The van der Waals surface area contributed by atoms with Gasteiger partial charge in [0.15, 0.2) is 5.79 Å². The van der Waals surface area contributed by atoms with Crippen LogP contribution < -0.4 is 4.74 Å². The standard InChI is InChI=1S/C24H34FN3O3/c1-23(2,3)31-22-21(26-13-14-27-22)16-28-15-12-19(24(17-28,29-4)30-5)11-10-18-8-6-7-9-20(18)25/h6-9,13-14,19H,10-12,15-17H2,1-5H3. The molecule has 3 rings (SSSR count). The molecule has 1 aromatic carbocycles. The van der Waals surface area contributed by atoms with Gasteiger partial charge < -0.3 is 14.2 Å². The summed E-state index contributed by atoms with van der Waals surface area (Å²) in [6.45, 7) is 8.03. The Morgan fingerprint density at radius 2 is 1.84 bits per heavy atom. The van der Waals surface area contributed by atoms with Crippen molar-refractivity contribution < 1.29 is 18.6 Å². The van der Waals surface area contributed by atoms with Crippen molar-refractivity contribution in [1.82, 2.24) is 14.9 Å². The summed E-state index contributed by atoms with van der Waals surface area (Å²) >= 11 is 0. The molecule has 1 fully saturated rings. The lowest BCUT2D eigenvalue weighted by atomic mass is 9.85. The van der Waals surface area contributed by atoms with Crippen molar-refractivity contribution in [2.24, 2.45) is 5.92 Å². The highest BCUT2D eigenvalue weighted by Gasteiger charge is 2.44. The van der Waals surface area contributed by atoms with Gasteiger partial charge in [0.25, 0.3) is 0 Å². The Balaban J connectivity index is 1.70. The minimum absolute atomic E-state index is 0.158. The highest BCUT2D eigenvalue weighted by atomic mass is 19.1. The summed E-state index contributed by atoms with van der Waals surface area (Å²) in [4.78, 5) is 11.1. The van der Waals surface area contributed by atoms with Crippen molar-refractivity contribution in [2.45, 2.75) is 58.0 Å². The Morgan fingerprint density at radius 1 is 1.13 bits per heavy atom. The molecule has 0 aliphatic carbocycles. The van der Waals surface area contributed by atoms with Gasteiger partial charge in [0.1, 0.15) is 17.1 Å². The third-order valence-corrected chi connectivity index (χ3v) is 5.78. The number of benzene rings is 1. The highest BCUT2D eigenvalue weighted by molar-refractivity contribution is 5.19. The molecule has 170 valence electrons. The predicted octanol–water partition coefficient (Wildman–Crippen LogP) is 4.24. The van der Waals surface area contributed by atoms with Gasteiger partial charge in [-0.25, -0.2) is 9.37 Å². The summed E-state index contributed by atoms with van der Waals surface area (Å²) in [6, 6.07) is 6.95. The van der Waals surface area contributed by atoms with Crippen LogP contribution in [0.15, 0.2) is 36.7 Å². The second kappa shape index (κ2) is 10.0. The van der Waals surface area contributed by atoms with Gasteiger partial charge in [0.05, 0.1) is 6.54 Å². The fraction of sp³-hybridized carbons (Fsp3) is 0.583. The van der Waals surface area contributed by atoms with Gasteiger partial charge >= 0.3 is 0 Å². The molecule has 0 bridgehead atoms. The van der Waals surface area contributed by atoms with Crippen LogP contribution in [-0.4, -0.2) is 53.6 Å². The Labute approximate surface area is 184 Å². The van der Waals surface area contributed by atoms with Gasteiger partial charge in [-0.1, -0.05) is 18.2 Å². The maximum Gasteiger partial charge on any atom is 0.237 e. The summed E-state index contributed by atoms with van der Waals surface area (Å²) in [7, 11) is 3.36. The van der Waals surface area contributed by atoms with E-state index in [1.165, 1.54) is 6.07 Å². The van der Waals surface area contributed by atoms with E-state index >= 15 is 0 Å². The minimum atomic E-state index is -0.753. The number of methoxy groups -OCH3 is 2. The smallest absolute Gasteiger partial charge is 0.237 e. The van der Waals surface area contributed by atoms with E-state index < -0.39 is 5.79 Å². The lowest BCUT2D eigenvalue weighted by Crippen LogP contribution is -2.56. The van der Waals surface area contributed by atoms with E-state index in [2.05, 4.69) is 14.9 Å². The zero-order valence-electron chi connectivity index (χ0n) is 19.2. The second-order valence-electron chi connectivity index (χ2n) is 9.07. The van der Waals surface area contributed by atoms with Crippen LogP contribution in [-0.2, 0) is 22.4 Å². The first-order valence-electron chi connectivity index (χ1n) is 10.8. The normalized spacial score (nSPS) is 19.4. The molecular formula is C24H34FN3O3. The number of rotatable bonds is 8. The second-order valence-corrected chi connectivity index (χ2v) is 9.07. The molecular weight excluding hydrogens is 397 g/mol. The monoisotopic (exact) mass is 431 g/mol. The van der Waals surface area contributed by atoms with Gasteiger partial charge in [-0.15, -0.1) is 0 Å². The van der Waals surface area contributed by atoms with Crippen molar-refractivity contribution in [3.05, 3.63) is 53.7 Å². The van der Waals surface area contributed by atoms with E-state index in [1.807, 2.05) is 32.9 Å². The highest BCUT2D eigenvalue weighted by Crippen LogP contribution is 2.36. The third kappa shape index (κ3) is 5.99. The molecule has 2 aromatic rings. The molecule has 2 heterocycles. The average Bonchev–Trinajstić information content (AvgIpc) is 2.74. The summed E-state index contributed by atoms with van der Waals surface area (Å²) in [5, 5.41) is 0. The van der Waals surface area contributed by atoms with E-state index in [0.29, 0.717) is 25.4 Å². The van der Waals surface area contributed by atoms with Crippen molar-refractivity contribution in [1.29, 1.82) is 0 Å². The van der Waals surface area contributed by atoms with E-state index in [-0.39, 0.29) is 17.3 Å². The van der Waals surface area contributed by atoms with E-state index in [9.17, 15) is 4.39 Å². The zero-order chi connectivity index (χ0) is 22.5. The molecule has 31 heavy (non-hydrogen) atoms. The number of hydrogen-bond donors (Lipinski definition) is 0. The molecule has 1 aromatic heterocycles. The molecule has 6 nitrogen and oxygen atoms in total. The maximum absolute atomic E-state index is 14.1. The van der Waals surface area contributed by atoms with E-state index in [0.717, 1.165) is 30.6 Å². The molecule has 0 spiro atoms. The van der Waals surface area contributed by atoms with Crippen LogP contribution in [0.1, 0.15) is 44.9 Å². The molecule has 1 atom stereocenters. The van der Waals surface area contributed by atoms with Crippen LogP contribution >= 0.6 is 0 Å². The first-order chi connectivity index (χ1) is 14.8. The fourth-order valence-corrected chi connectivity index (χ4v) is 4.20. The largest absolute Gasteiger partial charge is 0.471 e. The molecule has 0 saturated carbocycles. The number of piperidine rings is 1. The van der Waals surface area contributed by atoms with Crippen LogP contribution in [0.4, 0.5) is 4.39 Å². The molecule has 1 unspecified atom stereocenters. The summed E-state index contributed by atoms with van der Waals surface area (Å²) in [6.07, 6.45) is 5.66. The first-order valence-corrected chi connectivity index (χ1v) is 10.8.